The van der Waals surface area contributed by atoms with E-state index in [0.29, 0.717) is 11.3 Å². The van der Waals surface area contributed by atoms with Crippen LogP contribution in [0.5, 0.6) is 11.5 Å². The topological polar surface area (TPSA) is 65.4 Å². The molecule has 0 saturated heterocycles. The molecule has 3 aromatic rings. The number of aromatic nitrogens is 2. The summed E-state index contributed by atoms with van der Waals surface area (Å²) in [6.07, 6.45) is 5.12. The minimum Gasteiger partial charge on any atom is -0.497 e. The fraction of sp³-hybridized carbons (Fsp3) is 0.200. The lowest BCUT2D eigenvalue weighted by Crippen LogP contribution is -2.51. The summed E-state index contributed by atoms with van der Waals surface area (Å²) in [5, 5.41) is 3.04. The van der Waals surface area contributed by atoms with Gasteiger partial charge in [0.05, 0.1) is 13.4 Å². The summed E-state index contributed by atoms with van der Waals surface area (Å²) in [6, 6.07) is 16.4. The number of carbonyl (C=O) groups excluding carboxylic acids is 1. The number of hydrogen-bond acceptors (Lipinski definition) is 4. The number of ether oxygens (including phenoxy) is 2. The summed E-state index contributed by atoms with van der Waals surface area (Å²) in [4.78, 5) is 16.8. The summed E-state index contributed by atoms with van der Waals surface area (Å²) in [7, 11) is 1.59. The van der Waals surface area contributed by atoms with E-state index in [2.05, 4.69) is 10.3 Å². The van der Waals surface area contributed by atoms with Crippen LogP contribution in [0.3, 0.4) is 0 Å². The molecule has 6 heteroatoms. The van der Waals surface area contributed by atoms with Gasteiger partial charge in [0.2, 0.25) is 0 Å². The van der Waals surface area contributed by atoms with Crippen LogP contribution in [0.4, 0.5) is 0 Å². The number of rotatable bonds is 7. The molecule has 1 amide bonds. The van der Waals surface area contributed by atoms with Gasteiger partial charge in [-0.1, -0.05) is 18.2 Å². The molecule has 0 bridgehead atoms. The van der Waals surface area contributed by atoms with Crippen molar-refractivity contribution in [1.29, 1.82) is 0 Å². The van der Waals surface area contributed by atoms with Crippen LogP contribution in [0.15, 0.2) is 73.3 Å². The molecule has 3 rings (SSSR count). The molecule has 0 aliphatic heterocycles. The molecular weight excluding hydrogens is 330 g/mol. The molecule has 26 heavy (non-hydrogen) atoms. The Kier molecular flexibility index (Phi) is 5.22. The van der Waals surface area contributed by atoms with Gasteiger partial charge in [0.25, 0.3) is 5.91 Å². The Hall–Kier alpha value is -3.28. The van der Waals surface area contributed by atoms with Gasteiger partial charge in [-0.15, -0.1) is 0 Å². The normalized spacial score (nSPS) is 12.8. The highest BCUT2D eigenvalue weighted by atomic mass is 16.5. The minimum absolute atomic E-state index is 0.208. The van der Waals surface area contributed by atoms with Crippen LogP contribution in [-0.2, 0) is 5.66 Å². The van der Waals surface area contributed by atoms with Crippen molar-refractivity contribution in [3.63, 3.8) is 0 Å². The quantitative estimate of drug-likeness (QED) is 0.710. The molecule has 0 fully saturated rings. The minimum atomic E-state index is -0.802. The van der Waals surface area contributed by atoms with E-state index >= 15 is 0 Å². The average Bonchev–Trinajstić information content (AvgIpc) is 3.23. The van der Waals surface area contributed by atoms with Crippen molar-refractivity contribution in [1.82, 2.24) is 14.9 Å². The van der Waals surface area contributed by atoms with Gasteiger partial charge in [0.1, 0.15) is 23.8 Å². The molecule has 1 N–H and O–H groups in total. The second-order valence-corrected chi connectivity index (χ2v) is 6.03. The third kappa shape index (κ3) is 4.03. The Morgan fingerprint density at radius 1 is 1.12 bits per heavy atom. The monoisotopic (exact) mass is 351 g/mol. The molecule has 1 heterocycles. The van der Waals surface area contributed by atoms with Crippen LogP contribution in [0.1, 0.15) is 17.3 Å². The van der Waals surface area contributed by atoms with Crippen molar-refractivity contribution < 1.29 is 14.3 Å². The van der Waals surface area contributed by atoms with Crippen molar-refractivity contribution in [2.75, 3.05) is 13.7 Å². The molecule has 0 unspecified atom stereocenters. The van der Waals surface area contributed by atoms with E-state index in [1.807, 2.05) is 41.8 Å². The molecule has 0 aliphatic rings. The summed E-state index contributed by atoms with van der Waals surface area (Å²) in [5.74, 6) is 1.23. The number of nitrogens with zero attached hydrogens (tertiary/aromatic N) is 2. The van der Waals surface area contributed by atoms with Gasteiger partial charge in [-0.25, -0.2) is 4.98 Å². The van der Waals surface area contributed by atoms with Crippen molar-refractivity contribution >= 4 is 5.91 Å². The highest BCUT2D eigenvalue weighted by Crippen LogP contribution is 2.18. The number of benzene rings is 2. The number of nitrogens with one attached hydrogen (secondary N) is 1. The van der Waals surface area contributed by atoms with Gasteiger partial charge in [-0.05, 0) is 43.3 Å². The molecular formula is C20H21N3O3. The Morgan fingerprint density at radius 2 is 1.85 bits per heavy atom. The Balaban J connectivity index is 1.78. The van der Waals surface area contributed by atoms with E-state index in [9.17, 15) is 4.79 Å². The number of hydrogen-bond donors (Lipinski definition) is 1. The first kappa shape index (κ1) is 17.5. The highest BCUT2D eigenvalue weighted by molar-refractivity contribution is 5.94. The van der Waals surface area contributed by atoms with Gasteiger partial charge in [0.15, 0.2) is 0 Å². The second-order valence-electron chi connectivity index (χ2n) is 6.03. The average molecular weight is 351 g/mol. The number of imidazole rings is 1. The Labute approximate surface area is 152 Å². The molecule has 134 valence electrons. The Bertz CT molecular complexity index is 833. The lowest BCUT2D eigenvalue weighted by Gasteiger charge is -2.32. The third-order valence-electron chi connectivity index (χ3n) is 4.07. The molecule has 0 saturated carbocycles. The van der Waals surface area contributed by atoms with Crippen LogP contribution < -0.4 is 14.8 Å². The van der Waals surface area contributed by atoms with Crippen molar-refractivity contribution in [3.8, 4) is 11.5 Å². The lowest BCUT2D eigenvalue weighted by molar-refractivity contribution is 0.0760. The van der Waals surface area contributed by atoms with E-state index in [0.717, 1.165) is 5.75 Å². The number of carbonyl (C=O) groups is 1. The second kappa shape index (κ2) is 7.74. The summed E-state index contributed by atoms with van der Waals surface area (Å²) >= 11 is 0. The van der Waals surface area contributed by atoms with Crippen molar-refractivity contribution in [2.45, 2.75) is 12.6 Å². The van der Waals surface area contributed by atoms with Gasteiger partial charge in [-0.2, -0.15) is 0 Å². The highest BCUT2D eigenvalue weighted by Gasteiger charge is 2.29. The zero-order chi connectivity index (χ0) is 18.4. The first-order chi connectivity index (χ1) is 12.6. The first-order valence-corrected chi connectivity index (χ1v) is 8.23. The maximum absolute atomic E-state index is 12.7. The third-order valence-corrected chi connectivity index (χ3v) is 4.07. The number of amides is 1. The molecule has 0 aliphatic carbocycles. The van der Waals surface area contributed by atoms with Crippen LogP contribution in [-0.4, -0.2) is 29.2 Å². The smallest absolute Gasteiger partial charge is 0.253 e. The first-order valence-electron chi connectivity index (χ1n) is 8.23. The summed E-state index contributed by atoms with van der Waals surface area (Å²) in [6.45, 7) is 2.13. The lowest BCUT2D eigenvalue weighted by atomic mass is 10.1. The van der Waals surface area contributed by atoms with Crippen LogP contribution in [0, 0.1) is 0 Å². The standard InChI is InChI=1S/C20H21N3O3/c1-20(23-13-12-21-15-23,14-26-18-6-4-3-5-7-18)22-19(24)16-8-10-17(25-2)11-9-16/h3-13,15H,14H2,1-2H3,(H,22,24)/t20-/m1/s1. The molecule has 1 aromatic heterocycles. The zero-order valence-corrected chi connectivity index (χ0v) is 14.8. The molecule has 0 radical (unpaired) electrons. The van der Waals surface area contributed by atoms with Crippen molar-refractivity contribution in [2.24, 2.45) is 0 Å². The van der Waals surface area contributed by atoms with Crippen LogP contribution >= 0.6 is 0 Å². The molecule has 0 spiro atoms. The Morgan fingerprint density at radius 3 is 2.46 bits per heavy atom. The van der Waals surface area contributed by atoms with E-state index in [1.54, 1.807) is 50.1 Å². The van der Waals surface area contributed by atoms with Gasteiger partial charge in [0, 0.05) is 18.0 Å². The number of methoxy groups -OCH3 is 1. The summed E-state index contributed by atoms with van der Waals surface area (Å²) in [5.41, 5.74) is -0.263. The molecule has 6 nitrogen and oxygen atoms in total. The SMILES string of the molecule is COc1ccc(C(=O)N[C@@](C)(COc2ccccc2)n2ccnc2)cc1. The van der Waals surface area contributed by atoms with E-state index in [1.165, 1.54) is 0 Å². The number of para-hydroxylation sites is 1. The van der Waals surface area contributed by atoms with Crippen LogP contribution in [0.2, 0.25) is 0 Å². The maximum Gasteiger partial charge on any atom is 0.253 e. The van der Waals surface area contributed by atoms with Gasteiger partial charge < -0.3 is 19.4 Å². The maximum atomic E-state index is 12.7. The van der Waals surface area contributed by atoms with Crippen molar-refractivity contribution in [3.05, 3.63) is 78.9 Å². The largest absolute Gasteiger partial charge is 0.497 e. The summed E-state index contributed by atoms with van der Waals surface area (Å²) < 4.78 is 12.8. The zero-order valence-electron chi connectivity index (χ0n) is 14.8. The van der Waals surface area contributed by atoms with E-state index in [-0.39, 0.29) is 12.5 Å². The van der Waals surface area contributed by atoms with E-state index in [4.69, 9.17) is 9.47 Å². The predicted molar refractivity (Wildman–Crippen MR) is 98.3 cm³/mol. The molecule has 1 atom stereocenters. The van der Waals surface area contributed by atoms with Crippen LogP contribution in [0.25, 0.3) is 0 Å². The predicted octanol–water partition coefficient (Wildman–Crippen LogP) is 3.07. The fourth-order valence-electron chi connectivity index (χ4n) is 2.53. The van der Waals surface area contributed by atoms with Gasteiger partial charge >= 0.3 is 0 Å². The van der Waals surface area contributed by atoms with E-state index < -0.39 is 5.66 Å². The fourth-order valence-corrected chi connectivity index (χ4v) is 2.53. The molecule has 2 aromatic carbocycles. The van der Waals surface area contributed by atoms with Gasteiger partial charge in [-0.3, -0.25) is 4.79 Å².